The van der Waals surface area contributed by atoms with Gasteiger partial charge >= 0.3 is 5.97 Å². The van der Waals surface area contributed by atoms with Crippen molar-refractivity contribution in [3.05, 3.63) is 35.0 Å². The van der Waals surface area contributed by atoms with Crippen LogP contribution in [0.3, 0.4) is 0 Å². The number of unbranched alkanes of at least 4 members (excludes halogenated alkanes) is 2. The summed E-state index contributed by atoms with van der Waals surface area (Å²) in [5.74, 6) is -0.365. The highest BCUT2D eigenvalue weighted by Gasteiger charge is 2.16. The highest BCUT2D eigenvalue weighted by Crippen LogP contribution is 2.12. The van der Waals surface area contributed by atoms with Crippen LogP contribution in [-0.2, 0) is 4.74 Å². The lowest BCUT2D eigenvalue weighted by atomic mass is 10.2. The first kappa shape index (κ1) is 19.5. The van der Waals surface area contributed by atoms with E-state index < -0.39 is 0 Å². The third-order valence-electron chi connectivity index (χ3n) is 3.93. The smallest absolute Gasteiger partial charge is 0.338 e. The van der Waals surface area contributed by atoms with E-state index in [2.05, 4.69) is 13.8 Å². The molecule has 0 saturated heterocycles. The summed E-state index contributed by atoms with van der Waals surface area (Å²) < 4.78 is 5.08. The second-order valence-electron chi connectivity index (χ2n) is 6.05. The Bertz CT molecular complexity index is 452. The van der Waals surface area contributed by atoms with Crippen LogP contribution in [-0.4, -0.2) is 36.9 Å². The van der Waals surface area contributed by atoms with Gasteiger partial charge in [-0.15, -0.1) is 0 Å². The Labute approximate surface area is 139 Å². The maximum Gasteiger partial charge on any atom is 0.338 e. The number of benzene rings is 1. The van der Waals surface area contributed by atoms with Crippen molar-refractivity contribution in [2.75, 3.05) is 32.0 Å². The van der Waals surface area contributed by atoms with E-state index in [9.17, 15) is 10.0 Å². The van der Waals surface area contributed by atoms with Crippen molar-refractivity contribution in [2.24, 2.45) is 0 Å². The molecule has 0 aliphatic rings. The van der Waals surface area contributed by atoms with E-state index in [1.807, 2.05) is 0 Å². The molecule has 5 nitrogen and oxygen atoms in total. The highest BCUT2D eigenvalue weighted by molar-refractivity contribution is 5.89. The molecule has 0 amide bonds. The number of esters is 1. The fraction of sp³-hybridized carbons (Fsp3) is 0.611. The molecule has 2 N–H and O–H groups in total. The van der Waals surface area contributed by atoms with Gasteiger partial charge in [-0.2, -0.15) is 0 Å². The van der Waals surface area contributed by atoms with Crippen LogP contribution in [0.5, 0.6) is 0 Å². The van der Waals surface area contributed by atoms with E-state index in [-0.39, 0.29) is 17.2 Å². The number of hydroxylamine groups is 3. The summed E-state index contributed by atoms with van der Waals surface area (Å²) in [5, 5.41) is 12.8. The Hall–Kier alpha value is -1.59. The molecule has 0 aliphatic heterocycles. The summed E-state index contributed by atoms with van der Waals surface area (Å²) in [6.07, 6.45) is 4.54. The molecule has 1 aromatic carbocycles. The van der Waals surface area contributed by atoms with Crippen molar-refractivity contribution in [1.29, 1.82) is 0 Å². The van der Waals surface area contributed by atoms with E-state index in [0.29, 0.717) is 37.3 Å². The molecule has 0 heterocycles. The van der Waals surface area contributed by atoms with Crippen LogP contribution in [0, 0.1) is 5.21 Å². The largest absolute Gasteiger partial charge is 0.633 e. The van der Waals surface area contributed by atoms with Gasteiger partial charge in [-0.3, -0.25) is 0 Å². The van der Waals surface area contributed by atoms with Gasteiger partial charge in [0.1, 0.15) is 0 Å². The molecular weight excluding hydrogens is 292 g/mol. The molecule has 0 unspecified atom stereocenters. The van der Waals surface area contributed by atoms with Crippen LogP contribution in [0.2, 0.25) is 0 Å². The van der Waals surface area contributed by atoms with Gasteiger partial charge in [0.05, 0.1) is 31.8 Å². The molecule has 0 aromatic heterocycles. The van der Waals surface area contributed by atoms with Crippen molar-refractivity contribution < 1.29 is 14.2 Å². The van der Waals surface area contributed by atoms with E-state index in [0.717, 1.165) is 25.7 Å². The molecule has 0 radical (unpaired) electrons. The van der Waals surface area contributed by atoms with Crippen LogP contribution in [0.15, 0.2) is 24.3 Å². The molecule has 1 rings (SSSR count). The van der Waals surface area contributed by atoms with Gasteiger partial charge in [0.25, 0.3) is 0 Å². The summed E-state index contributed by atoms with van der Waals surface area (Å²) in [6.45, 7) is 6.29. The number of nitrogens with two attached hydrogens (primary N) is 1. The summed E-state index contributed by atoms with van der Waals surface area (Å²) >= 11 is 0. The Morgan fingerprint density at radius 3 is 2.09 bits per heavy atom. The lowest BCUT2D eigenvalue weighted by Crippen LogP contribution is -2.44. The fourth-order valence-electron chi connectivity index (χ4n) is 2.45. The molecule has 0 saturated carbocycles. The topological polar surface area (TPSA) is 75.4 Å². The standard InChI is InChI=1S/C18H30N2O3/c1-3-5-12-20(22,13-6-4-2)14-7-15-23-18(21)16-8-10-17(19)11-9-16/h8-11H,3-7,12-15,19H2,1-2H3. The van der Waals surface area contributed by atoms with Crippen LogP contribution < -0.4 is 5.73 Å². The van der Waals surface area contributed by atoms with Gasteiger partial charge in [-0.1, -0.05) is 26.7 Å². The number of nitrogens with zero attached hydrogens (tertiary/aromatic N) is 1. The molecule has 0 spiro atoms. The normalized spacial score (nSPS) is 11.4. The number of carbonyl (C=O) groups excluding carboxylic acids is 1. The predicted octanol–water partition coefficient (Wildman–Crippen LogP) is 3.73. The summed E-state index contributed by atoms with van der Waals surface area (Å²) in [7, 11) is 0. The van der Waals surface area contributed by atoms with Gasteiger partial charge in [-0.25, -0.2) is 4.79 Å². The molecule has 0 bridgehead atoms. The van der Waals surface area contributed by atoms with Crippen molar-refractivity contribution in [3.8, 4) is 0 Å². The minimum Gasteiger partial charge on any atom is -0.633 e. The lowest BCUT2D eigenvalue weighted by Gasteiger charge is -2.43. The average molecular weight is 322 g/mol. The quantitative estimate of drug-likeness (QED) is 0.221. The lowest BCUT2D eigenvalue weighted by molar-refractivity contribution is -0.881. The number of carbonyl (C=O) groups is 1. The molecule has 0 aliphatic carbocycles. The minimum absolute atomic E-state index is 0.166. The fourth-order valence-corrected chi connectivity index (χ4v) is 2.45. The maximum atomic E-state index is 12.8. The highest BCUT2D eigenvalue weighted by atomic mass is 16.5. The second-order valence-corrected chi connectivity index (χ2v) is 6.05. The maximum absolute atomic E-state index is 12.8. The Morgan fingerprint density at radius 1 is 1.04 bits per heavy atom. The van der Waals surface area contributed by atoms with Crippen molar-refractivity contribution in [2.45, 2.75) is 46.0 Å². The summed E-state index contributed by atoms with van der Waals surface area (Å²) in [5.41, 5.74) is 6.69. The zero-order valence-corrected chi connectivity index (χ0v) is 14.4. The molecule has 0 fully saturated rings. The number of hydrogen-bond acceptors (Lipinski definition) is 4. The minimum atomic E-state index is -0.365. The van der Waals surface area contributed by atoms with Gasteiger partial charge in [0.15, 0.2) is 0 Å². The van der Waals surface area contributed by atoms with E-state index in [1.165, 1.54) is 0 Å². The third kappa shape index (κ3) is 7.48. The molecular formula is C18H30N2O3. The van der Waals surface area contributed by atoms with Crippen molar-refractivity contribution in [1.82, 2.24) is 0 Å². The Kier molecular flexibility index (Phi) is 8.66. The molecule has 0 atom stereocenters. The third-order valence-corrected chi connectivity index (χ3v) is 3.93. The first-order valence-corrected chi connectivity index (χ1v) is 8.60. The number of nitrogen functional groups attached to an aromatic ring is 1. The van der Waals surface area contributed by atoms with Gasteiger partial charge < -0.3 is 20.3 Å². The van der Waals surface area contributed by atoms with Gasteiger partial charge in [0.2, 0.25) is 0 Å². The Morgan fingerprint density at radius 2 is 1.57 bits per heavy atom. The molecule has 1 aromatic rings. The Balaban J connectivity index is 2.37. The number of rotatable bonds is 11. The molecule has 23 heavy (non-hydrogen) atoms. The van der Waals surface area contributed by atoms with E-state index in [1.54, 1.807) is 24.3 Å². The second kappa shape index (κ2) is 10.2. The SMILES string of the molecule is CCCC[N+]([O-])(CCCC)CCCOC(=O)c1ccc(N)cc1. The first-order chi connectivity index (χ1) is 11.0. The number of anilines is 1. The summed E-state index contributed by atoms with van der Waals surface area (Å²) in [4.78, 5) is 11.9. The van der Waals surface area contributed by atoms with Gasteiger partial charge in [0, 0.05) is 12.1 Å². The number of quaternary nitrogens is 1. The van der Waals surface area contributed by atoms with E-state index in [4.69, 9.17) is 10.5 Å². The first-order valence-electron chi connectivity index (χ1n) is 8.60. The zero-order valence-electron chi connectivity index (χ0n) is 14.4. The van der Waals surface area contributed by atoms with Crippen LogP contribution in [0.25, 0.3) is 0 Å². The molecule has 130 valence electrons. The predicted molar refractivity (Wildman–Crippen MR) is 93.8 cm³/mol. The average Bonchev–Trinajstić information content (AvgIpc) is 2.56. The summed E-state index contributed by atoms with van der Waals surface area (Å²) in [6, 6.07) is 6.64. The van der Waals surface area contributed by atoms with Gasteiger partial charge in [-0.05, 0) is 37.1 Å². The van der Waals surface area contributed by atoms with Crippen LogP contribution in [0.4, 0.5) is 5.69 Å². The zero-order chi connectivity index (χ0) is 17.1. The number of ether oxygens (including phenoxy) is 1. The number of hydrogen-bond donors (Lipinski definition) is 1. The van der Waals surface area contributed by atoms with Crippen LogP contribution >= 0.6 is 0 Å². The monoisotopic (exact) mass is 322 g/mol. The van der Waals surface area contributed by atoms with Crippen molar-refractivity contribution >= 4 is 11.7 Å². The van der Waals surface area contributed by atoms with Crippen molar-refractivity contribution in [3.63, 3.8) is 0 Å². The van der Waals surface area contributed by atoms with E-state index >= 15 is 0 Å². The molecule has 5 heteroatoms. The van der Waals surface area contributed by atoms with Crippen LogP contribution in [0.1, 0.15) is 56.3 Å².